The normalized spacial score (nSPS) is 12.7. The Balaban J connectivity index is 2.71. The minimum Gasteiger partial charge on any atom is -0.272 e. The first-order valence-corrected chi connectivity index (χ1v) is 4.85. The maximum absolute atomic E-state index is 12.7. The fourth-order valence-electron chi connectivity index (χ4n) is 1.51. The van der Waals surface area contributed by atoms with Gasteiger partial charge in [-0.05, 0) is 12.1 Å². The molecule has 0 saturated carbocycles. The summed E-state index contributed by atoms with van der Waals surface area (Å²) in [4.78, 5) is 3.51. The SMILES string of the molecule is FC(F)(F)c1n[nH]c(C(F)(F)F)c1-c1ccccn1. The van der Waals surface area contributed by atoms with Crippen molar-refractivity contribution in [2.24, 2.45) is 0 Å². The van der Waals surface area contributed by atoms with Gasteiger partial charge in [0.2, 0.25) is 0 Å². The average Bonchev–Trinajstić information content (AvgIpc) is 2.73. The summed E-state index contributed by atoms with van der Waals surface area (Å²) >= 11 is 0. The third-order valence-corrected chi connectivity index (χ3v) is 2.24. The van der Waals surface area contributed by atoms with Crippen molar-refractivity contribution in [3.8, 4) is 11.3 Å². The van der Waals surface area contributed by atoms with Crippen LogP contribution in [0.3, 0.4) is 0 Å². The van der Waals surface area contributed by atoms with Gasteiger partial charge in [-0.25, -0.2) is 0 Å². The highest BCUT2D eigenvalue weighted by Crippen LogP contribution is 2.42. The fourth-order valence-corrected chi connectivity index (χ4v) is 1.51. The first-order chi connectivity index (χ1) is 8.71. The molecule has 0 amide bonds. The van der Waals surface area contributed by atoms with Crippen LogP contribution in [0.4, 0.5) is 26.3 Å². The molecule has 0 bridgehead atoms. The van der Waals surface area contributed by atoms with Gasteiger partial charge in [-0.15, -0.1) is 0 Å². The predicted molar refractivity (Wildman–Crippen MR) is 51.8 cm³/mol. The summed E-state index contributed by atoms with van der Waals surface area (Å²) in [5.41, 5.74) is -4.76. The zero-order valence-corrected chi connectivity index (χ0v) is 8.97. The molecule has 0 aliphatic heterocycles. The number of aromatic amines is 1. The number of halogens is 6. The predicted octanol–water partition coefficient (Wildman–Crippen LogP) is 3.51. The van der Waals surface area contributed by atoms with Gasteiger partial charge in [0.1, 0.15) is 5.69 Å². The van der Waals surface area contributed by atoms with Crippen LogP contribution in [-0.4, -0.2) is 15.2 Å². The molecule has 0 unspecified atom stereocenters. The van der Waals surface area contributed by atoms with Crippen LogP contribution < -0.4 is 0 Å². The highest BCUT2D eigenvalue weighted by Gasteiger charge is 2.45. The van der Waals surface area contributed by atoms with Gasteiger partial charge >= 0.3 is 12.4 Å². The molecule has 102 valence electrons. The van der Waals surface area contributed by atoms with E-state index in [0.29, 0.717) is 0 Å². The standard InChI is InChI=1S/C10H5F6N3/c11-9(12,13)7-6(5-3-1-2-4-17-5)8(19-18-7)10(14,15)16/h1-4H,(H,18,19). The molecule has 0 saturated heterocycles. The number of nitrogens with zero attached hydrogens (tertiary/aromatic N) is 2. The van der Waals surface area contributed by atoms with Crippen LogP contribution in [0.5, 0.6) is 0 Å². The van der Waals surface area contributed by atoms with E-state index in [-0.39, 0.29) is 0 Å². The summed E-state index contributed by atoms with van der Waals surface area (Å²) in [5, 5.41) is 4.10. The molecule has 3 nitrogen and oxygen atoms in total. The Morgan fingerprint density at radius 3 is 2.11 bits per heavy atom. The van der Waals surface area contributed by atoms with Crippen molar-refractivity contribution < 1.29 is 26.3 Å². The van der Waals surface area contributed by atoms with Gasteiger partial charge in [0.15, 0.2) is 5.69 Å². The number of alkyl halides is 6. The van der Waals surface area contributed by atoms with E-state index in [1.54, 1.807) is 0 Å². The molecule has 0 aliphatic rings. The second-order valence-corrected chi connectivity index (χ2v) is 3.53. The summed E-state index contributed by atoms with van der Waals surface area (Å²) in [5.74, 6) is 0. The van der Waals surface area contributed by atoms with Gasteiger partial charge in [0.25, 0.3) is 0 Å². The van der Waals surface area contributed by atoms with E-state index < -0.39 is 35.0 Å². The van der Waals surface area contributed by atoms with Crippen molar-refractivity contribution >= 4 is 0 Å². The zero-order valence-electron chi connectivity index (χ0n) is 8.97. The van der Waals surface area contributed by atoms with E-state index in [0.717, 1.165) is 12.3 Å². The van der Waals surface area contributed by atoms with E-state index in [1.807, 2.05) is 0 Å². The van der Waals surface area contributed by atoms with Crippen LogP contribution in [0.1, 0.15) is 11.4 Å². The lowest BCUT2D eigenvalue weighted by molar-refractivity contribution is -0.142. The molecule has 0 radical (unpaired) electrons. The maximum atomic E-state index is 12.7. The summed E-state index contributed by atoms with van der Waals surface area (Å²) in [7, 11) is 0. The van der Waals surface area contributed by atoms with E-state index in [4.69, 9.17) is 0 Å². The molecule has 9 heteroatoms. The van der Waals surface area contributed by atoms with Crippen molar-refractivity contribution in [3.05, 3.63) is 35.8 Å². The molecule has 19 heavy (non-hydrogen) atoms. The first kappa shape index (κ1) is 13.4. The maximum Gasteiger partial charge on any atom is 0.435 e. The Hall–Kier alpha value is -2.06. The average molecular weight is 281 g/mol. The number of aromatic nitrogens is 3. The van der Waals surface area contributed by atoms with Crippen LogP contribution in [-0.2, 0) is 12.4 Å². The van der Waals surface area contributed by atoms with E-state index >= 15 is 0 Å². The Kier molecular flexibility index (Phi) is 2.99. The van der Waals surface area contributed by atoms with Gasteiger partial charge in [-0.3, -0.25) is 10.1 Å². The summed E-state index contributed by atoms with van der Waals surface area (Å²) in [6.45, 7) is 0. The zero-order chi connectivity index (χ0) is 14.3. The van der Waals surface area contributed by atoms with Crippen molar-refractivity contribution in [2.45, 2.75) is 12.4 Å². The van der Waals surface area contributed by atoms with Gasteiger partial charge < -0.3 is 0 Å². The minimum absolute atomic E-state index is 0.448. The van der Waals surface area contributed by atoms with Crippen LogP contribution in [0, 0.1) is 0 Å². The number of rotatable bonds is 1. The van der Waals surface area contributed by atoms with Crippen molar-refractivity contribution in [1.29, 1.82) is 0 Å². The molecule has 0 fully saturated rings. The van der Waals surface area contributed by atoms with E-state index in [1.165, 1.54) is 17.2 Å². The largest absolute Gasteiger partial charge is 0.435 e. The van der Waals surface area contributed by atoms with Crippen LogP contribution in [0.2, 0.25) is 0 Å². The van der Waals surface area contributed by atoms with Crippen LogP contribution in [0.15, 0.2) is 24.4 Å². The molecule has 0 aromatic carbocycles. The molecule has 2 rings (SSSR count). The van der Waals surface area contributed by atoms with Crippen LogP contribution in [0.25, 0.3) is 11.3 Å². The van der Waals surface area contributed by atoms with E-state index in [9.17, 15) is 26.3 Å². The third-order valence-electron chi connectivity index (χ3n) is 2.24. The molecule has 2 heterocycles. The summed E-state index contributed by atoms with van der Waals surface area (Å²) in [6.07, 6.45) is -8.89. The van der Waals surface area contributed by atoms with Crippen molar-refractivity contribution in [2.75, 3.05) is 0 Å². The van der Waals surface area contributed by atoms with Gasteiger partial charge in [0.05, 0.1) is 11.3 Å². The number of H-pyrrole nitrogens is 1. The van der Waals surface area contributed by atoms with E-state index in [2.05, 4.69) is 10.1 Å². The Bertz CT molecular complexity index is 538. The smallest absolute Gasteiger partial charge is 0.272 e. The topological polar surface area (TPSA) is 41.6 Å². The Morgan fingerprint density at radius 1 is 0.947 bits per heavy atom. The third kappa shape index (κ3) is 2.54. The molecule has 2 aromatic rings. The highest BCUT2D eigenvalue weighted by molar-refractivity contribution is 5.66. The van der Waals surface area contributed by atoms with Gasteiger partial charge in [-0.2, -0.15) is 31.4 Å². The molecule has 0 aliphatic carbocycles. The summed E-state index contributed by atoms with van der Waals surface area (Å²) < 4.78 is 76.0. The molecule has 0 spiro atoms. The quantitative estimate of drug-likeness (QED) is 0.813. The molecular formula is C10H5F6N3. The monoisotopic (exact) mass is 281 g/mol. The second kappa shape index (κ2) is 4.25. The number of nitrogens with one attached hydrogen (secondary N) is 1. The lowest BCUT2D eigenvalue weighted by atomic mass is 10.1. The van der Waals surface area contributed by atoms with Crippen molar-refractivity contribution in [1.82, 2.24) is 15.2 Å². The Labute approximate surface area is 102 Å². The van der Waals surface area contributed by atoms with Crippen LogP contribution >= 0.6 is 0 Å². The van der Waals surface area contributed by atoms with Crippen molar-refractivity contribution in [3.63, 3.8) is 0 Å². The molecule has 2 aromatic heterocycles. The van der Waals surface area contributed by atoms with Gasteiger partial charge in [-0.1, -0.05) is 6.07 Å². The van der Waals surface area contributed by atoms with Gasteiger partial charge in [0, 0.05) is 6.20 Å². The lowest BCUT2D eigenvalue weighted by Crippen LogP contribution is -2.11. The molecular weight excluding hydrogens is 276 g/mol. The summed E-state index contributed by atoms with van der Waals surface area (Å²) in [6, 6.07) is 3.72. The molecule has 1 N–H and O–H groups in total. The lowest BCUT2D eigenvalue weighted by Gasteiger charge is -2.09. The number of hydrogen-bond acceptors (Lipinski definition) is 2. The Morgan fingerprint density at radius 2 is 1.63 bits per heavy atom. The number of hydrogen-bond donors (Lipinski definition) is 1. The second-order valence-electron chi connectivity index (χ2n) is 3.53. The molecule has 0 atom stereocenters. The number of pyridine rings is 1. The first-order valence-electron chi connectivity index (χ1n) is 4.85. The minimum atomic E-state index is -5.01. The fraction of sp³-hybridized carbons (Fsp3) is 0.200. The highest BCUT2D eigenvalue weighted by atomic mass is 19.4.